The Morgan fingerprint density at radius 1 is 1.08 bits per heavy atom. The van der Waals surface area contributed by atoms with Gasteiger partial charge in [-0.3, -0.25) is 4.79 Å². The second-order valence-electron chi connectivity index (χ2n) is 6.06. The minimum atomic E-state index is 0.0495. The summed E-state index contributed by atoms with van der Waals surface area (Å²) in [6.45, 7) is 0.887. The van der Waals surface area contributed by atoms with Gasteiger partial charge in [-0.1, -0.05) is 30.3 Å². The number of aromatic nitrogens is 1. The molecule has 1 amide bonds. The van der Waals surface area contributed by atoms with Crippen LogP contribution in [0.25, 0.3) is 10.9 Å². The quantitative estimate of drug-likeness (QED) is 0.577. The van der Waals surface area contributed by atoms with E-state index >= 15 is 0 Å². The molecule has 0 aliphatic rings. The zero-order valence-electron chi connectivity index (χ0n) is 15.0. The van der Waals surface area contributed by atoms with E-state index in [1.807, 2.05) is 42.6 Å². The standard InChI is InChI=1S/C21H24N2O3/c1-25-19-10-4-5-11-20(19)26-14-13-22-21(24)12-6-7-16-15-23-18-9-3-2-8-17(16)18/h2-5,8-11,15,23H,6-7,12-14H2,1H3,(H,22,24). The Bertz CT molecular complexity index is 857. The third-order valence-corrected chi connectivity index (χ3v) is 4.28. The Kier molecular flexibility index (Phi) is 6.14. The number of hydrogen-bond acceptors (Lipinski definition) is 3. The highest BCUT2D eigenvalue weighted by molar-refractivity contribution is 5.83. The molecule has 5 heteroatoms. The van der Waals surface area contributed by atoms with Crippen LogP contribution >= 0.6 is 0 Å². The number of amides is 1. The second kappa shape index (κ2) is 8.94. The van der Waals surface area contributed by atoms with Crippen LogP contribution in [-0.4, -0.2) is 31.2 Å². The van der Waals surface area contributed by atoms with Gasteiger partial charge in [0.25, 0.3) is 0 Å². The van der Waals surface area contributed by atoms with Crippen LogP contribution in [-0.2, 0) is 11.2 Å². The maximum atomic E-state index is 12.0. The monoisotopic (exact) mass is 352 g/mol. The SMILES string of the molecule is COc1ccccc1OCCNC(=O)CCCc1c[nH]c2ccccc12. The molecule has 0 radical (unpaired) electrons. The molecule has 1 heterocycles. The third-order valence-electron chi connectivity index (χ3n) is 4.28. The van der Waals surface area contributed by atoms with Gasteiger partial charge in [-0.05, 0) is 36.6 Å². The van der Waals surface area contributed by atoms with Crippen molar-refractivity contribution < 1.29 is 14.3 Å². The highest BCUT2D eigenvalue weighted by Gasteiger charge is 2.06. The average Bonchev–Trinajstić information content (AvgIpc) is 3.09. The van der Waals surface area contributed by atoms with Crippen molar-refractivity contribution in [1.29, 1.82) is 0 Å². The predicted octanol–water partition coefficient (Wildman–Crippen LogP) is 3.69. The van der Waals surface area contributed by atoms with E-state index in [2.05, 4.69) is 22.4 Å². The lowest BCUT2D eigenvalue weighted by Crippen LogP contribution is -2.27. The van der Waals surface area contributed by atoms with Crippen molar-refractivity contribution in [2.45, 2.75) is 19.3 Å². The summed E-state index contributed by atoms with van der Waals surface area (Å²) < 4.78 is 10.9. The van der Waals surface area contributed by atoms with Crippen molar-refractivity contribution in [2.75, 3.05) is 20.3 Å². The summed E-state index contributed by atoms with van der Waals surface area (Å²) in [5.41, 5.74) is 2.40. The van der Waals surface area contributed by atoms with Crippen molar-refractivity contribution in [3.8, 4) is 11.5 Å². The van der Waals surface area contributed by atoms with Gasteiger partial charge in [-0.2, -0.15) is 0 Å². The number of aryl methyl sites for hydroxylation is 1. The molecule has 0 aliphatic carbocycles. The maximum Gasteiger partial charge on any atom is 0.220 e. The molecule has 0 spiro atoms. The molecule has 1 aromatic heterocycles. The number of aromatic amines is 1. The van der Waals surface area contributed by atoms with Crippen LogP contribution in [0.4, 0.5) is 0 Å². The molecule has 0 saturated carbocycles. The molecule has 136 valence electrons. The molecule has 0 unspecified atom stereocenters. The van der Waals surface area contributed by atoms with Gasteiger partial charge in [0.05, 0.1) is 13.7 Å². The maximum absolute atomic E-state index is 12.0. The summed E-state index contributed by atoms with van der Waals surface area (Å²) in [5.74, 6) is 1.43. The van der Waals surface area contributed by atoms with Gasteiger partial charge >= 0.3 is 0 Å². The van der Waals surface area contributed by atoms with Crippen LogP contribution < -0.4 is 14.8 Å². The summed E-state index contributed by atoms with van der Waals surface area (Å²) >= 11 is 0. The summed E-state index contributed by atoms with van der Waals surface area (Å²) in [6, 6.07) is 15.7. The van der Waals surface area contributed by atoms with Gasteiger partial charge in [-0.15, -0.1) is 0 Å². The fraction of sp³-hybridized carbons (Fsp3) is 0.286. The third kappa shape index (κ3) is 4.57. The van der Waals surface area contributed by atoms with Crippen molar-refractivity contribution in [3.63, 3.8) is 0 Å². The topological polar surface area (TPSA) is 63.4 Å². The molecule has 0 fully saturated rings. The van der Waals surface area contributed by atoms with Crippen LogP contribution in [0.5, 0.6) is 11.5 Å². The first-order chi connectivity index (χ1) is 12.8. The molecular weight excluding hydrogens is 328 g/mol. The number of methoxy groups -OCH3 is 1. The molecule has 3 rings (SSSR count). The van der Waals surface area contributed by atoms with Crippen LogP contribution in [0.15, 0.2) is 54.7 Å². The van der Waals surface area contributed by atoms with Gasteiger partial charge in [0.15, 0.2) is 11.5 Å². The van der Waals surface area contributed by atoms with Gasteiger partial charge < -0.3 is 19.8 Å². The number of ether oxygens (including phenoxy) is 2. The van der Waals surface area contributed by atoms with Gasteiger partial charge in [0.1, 0.15) is 6.61 Å². The van der Waals surface area contributed by atoms with E-state index in [9.17, 15) is 4.79 Å². The number of carbonyl (C=O) groups excluding carboxylic acids is 1. The largest absolute Gasteiger partial charge is 0.493 e. The minimum absolute atomic E-state index is 0.0495. The number of H-pyrrole nitrogens is 1. The van der Waals surface area contributed by atoms with E-state index in [1.54, 1.807) is 7.11 Å². The molecule has 2 aromatic carbocycles. The molecule has 0 saturated heterocycles. The van der Waals surface area contributed by atoms with Crippen molar-refractivity contribution in [3.05, 3.63) is 60.3 Å². The predicted molar refractivity (Wildman–Crippen MR) is 103 cm³/mol. The summed E-state index contributed by atoms with van der Waals surface area (Å²) in [5, 5.41) is 4.13. The lowest BCUT2D eigenvalue weighted by Gasteiger charge is -2.10. The minimum Gasteiger partial charge on any atom is -0.493 e. The lowest BCUT2D eigenvalue weighted by molar-refractivity contribution is -0.121. The highest BCUT2D eigenvalue weighted by atomic mass is 16.5. The highest BCUT2D eigenvalue weighted by Crippen LogP contribution is 2.25. The van der Waals surface area contributed by atoms with Crippen LogP contribution in [0.1, 0.15) is 18.4 Å². The van der Waals surface area contributed by atoms with E-state index < -0.39 is 0 Å². The average molecular weight is 352 g/mol. The van der Waals surface area contributed by atoms with Crippen molar-refractivity contribution >= 4 is 16.8 Å². The van der Waals surface area contributed by atoms with Crippen LogP contribution in [0.3, 0.4) is 0 Å². The molecule has 0 atom stereocenters. The number of rotatable bonds is 9. The summed E-state index contributed by atoms with van der Waals surface area (Å²) in [6.07, 6.45) is 4.24. The number of benzene rings is 2. The first kappa shape index (κ1) is 17.9. The molecule has 2 N–H and O–H groups in total. The van der Waals surface area contributed by atoms with Crippen LogP contribution in [0.2, 0.25) is 0 Å². The second-order valence-corrected chi connectivity index (χ2v) is 6.06. The molecule has 0 bridgehead atoms. The number of hydrogen-bond donors (Lipinski definition) is 2. The first-order valence-electron chi connectivity index (χ1n) is 8.85. The van der Waals surface area contributed by atoms with E-state index in [4.69, 9.17) is 9.47 Å². The van der Waals surface area contributed by atoms with E-state index in [0.717, 1.165) is 18.4 Å². The fourth-order valence-corrected chi connectivity index (χ4v) is 2.96. The van der Waals surface area contributed by atoms with Gasteiger partial charge in [0, 0.05) is 23.5 Å². The van der Waals surface area contributed by atoms with Gasteiger partial charge in [0.2, 0.25) is 5.91 Å². The Labute approximate surface area is 153 Å². The number of fused-ring (bicyclic) bond motifs is 1. The summed E-state index contributed by atoms with van der Waals surface area (Å²) in [4.78, 5) is 15.2. The molecule has 0 aliphatic heterocycles. The Hall–Kier alpha value is -2.95. The van der Waals surface area contributed by atoms with Crippen molar-refractivity contribution in [2.24, 2.45) is 0 Å². The van der Waals surface area contributed by atoms with Crippen LogP contribution in [0, 0.1) is 0 Å². The smallest absolute Gasteiger partial charge is 0.220 e. The zero-order chi connectivity index (χ0) is 18.2. The normalized spacial score (nSPS) is 10.7. The lowest BCUT2D eigenvalue weighted by atomic mass is 10.1. The molecule has 3 aromatic rings. The van der Waals surface area contributed by atoms with E-state index in [1.165, 1.54) is 10.9 Å². The summed E-state index contributed by atoms with van der Waals surface area (Å²) in [7, 11) is 1.61. The first-order valence-corrected chi connectivity index (χ1v) is 8.85. The fourth-order valence-electron chi connectivity index (χ4n) is 2.96. The Morgan fingerprint density at radius 3 is 2.69 bits per heavy atom. The molecular formula is C21H24N2O3. The Balaban J connectivity index is 1.35. The van der Waals surface area contributed by atoms with Crippen molar-refractivity contribution in [1.82, 2.24) is 10.3 Å². The van der Waals surface area contributed by atoms with E-state index in [-0.39, 0.29) is 5.91 Å². The Morgan fingerprint density at radius 2 is 1.85 bits per heavy atom. The number of nitrogens with one attached hydrogen (secondary N) is 2. The molecule has 26 heavy (non-hydrogen) atoms. The number of para-hydroxylation sites is 3. The van der Waals surface area contributed by atoms with Gasteiger partial charge in [-0.25, -0.2) is 0 Å². The zero-order valence-corrected chi connectivity index (χ0v) is 15.0. The van der Waals surface area contributed by atoms with E-state index in [0.29, 0.717) is 31.1 Å². The molecule has 5 nitrogen and oxygen atoms in total. The number of carbonyl (C=O) groups is 1.